The van der Waals surface area contributed by atoms with Crippen LogP contribution in [0.1, 0.15) is 183 Å². The first kappa shape index (κ1) is 90.7. The molecule has 668 valence electrons. The fourth-order valence-corrected chi connectivity index (χ4v) is 18.6. The highest BCUT2D eigenvalue weighted by atomic mass is 32.1. The number of Topliss-reactive ketones (excluding diaryl/α,β-unsaturated/α-hetero) is 2. The predicted octanol–water partition coefficient (Wildman–Crippen LogP) is 10.9. The van der Waals surface area contributed by atoms with Crippen molar-refractivity contribution in [3.63, 3.8) is 0 Å². The van der Waals surface area contributed by atoms with Crippen LogP contribution in [0.15, 0.2) is 120 Å². The molecule has 6 aliphatic heterocycles. The number of hydrogen-bond donors (Lipinski definition) is 4. The van der Waals surface area contributed by atoms with Crippen LogP contribution in [0.25, 0.3) is 33.4 Å². The van der Waals surface area contributed by atoms with E-state index in [0.29, 0.717) is 192 Å². The lowest BCUT2D eigenvalue weighted by atomic mass is 9.83. The maximum Gasteiger partial charge on any atom is 0.329 e. The third kappa shape index (κ3) is 24.0. The third-order valence-corrected chi connectivity index (χ3v) is 26.1. The van der Waals surface area contributed by atoms with Gasteiger partial charge < -0.3 is 74.5 Å². The summed E-state index contributed by atoms with van der Waals surface area (Å²) >= 11 is 5.70. The molecule has 0 radical (unpaired) electrons. The first-order chi connectivity index (χ1) is 60.5. The fraction of sp³-hybridized carbons (Fsp3) is 0.559. The van der Waals surface area contributed by atoms with Crippen molar-refractivity contribution in [2.75, 3.05) is 114 Å². The summed E-state index contributed by atoms with van der Waals surface area (Å²) in [6.45, 7) is 19.0. The molecule has 7 aliphatic rings. The Labute approximate surface area is 736 Å². The minimum Gasteiger partial charge on any atom is -0.468 e. The zero-order chi connectivity index (χ0) is 87.6. The van der Waals surface area contributed by atoms with E-state index >= 15 is 0 Å². The number of esters is 1. The zero-order valence-electron chi connectivity index (χ0n) is 73.0. The van der Waals surface area contributed by atoms with Gasteiger partial charge in [-0.25, -0.2) is 39.4 Å². The monoisotopic (exact) mass is 1730 g/mol. The Morgan fingerprint density at radius 2 is 1.48 bits per heavy atom. The lowest BCUT2D eigenvalue weighted by Crippen LogP contribution is -2.54. The van der Waals surface area contributed by atoms with E-state index in [9.17, 15) is 33.9 Å². The molecule has 2 unspecified atom stereocenters. The van der Waals surface area contributed by atoms with Crippen LogP contribution in [0, 0.1) is 23.7 Å². The molecule has 0 spiro atoms. The normalized spacial score (nSPS) is 26.1. The van der Waals surface area contributed by atoms with Crippen molar-refractivity contribution in [1.82, 2.24) is 69.6 Å². The second kappa shape index (κ2) is 43.1. The number of fused-ring (bicyclic) bond motifs is 6. The second-order valence-corrected chi connectivity index (χ2v) is 35.4. The Bertz CT molecular complexity index is 5030. The van der Waals surface area contributed by atoms with Gasteiger partial charge in [-0.05, 0) is 193 Å². The summed E-state index contributed by atoms with van der Waals surface area (Å²) < 4.78 is 38.4. The Kier molecular flexibility index (Phi) is 31.3. The van der Waals surface area contributed by atoms with E-state index < -0.39 is 42.0 Å². The van der Waals surface area contributed by atoms with Gasteiger partial charge in [0.15, 0.2) is 11.2 Å². The van der Waals surface area contributed by atoms with Crippen molar-refractivity contribution in [2.45, 2.75) is 219 Å². The van der Waals surface area contributed by atoms with Crippen molar-refractivity contribution >= 4 is 98.5 Å². The van der Waals surface area contributed by atoms with Gasteiger partial charge in [-0.15, -0.1) is 0 Å². The lowest BCUT2D eigenvalue weighted by molar-refractivity contribution is -0.167. The van der Waals surface area contributed by atoms with E-state index in [1.54, 1.807) is 38.0 Å². The molecule has 6 N–H and O–H groups in total. The Morgan fingerprint density at radius 1 is 0.720 bits per heavy atom. The van der Waals surface area contributed by atoms with Gasteiger partial charge in [0.25, 0.3) is 23.0 Å². The number of nitrogens with zero attached hydrogens (tertiary/aromatic N) is 15. The third-order valence-electron chi connectivity index (χ3n) is 25.8. The number of cyclic esters (lactones) is 1. The largest absolute Gasteiger partial charge is 0.468 e. The number of carbonyl (C=O) groups excluding carboxylic acids is 6. The number of oxazole rings is 1. The molecule has 5 fully saturated rings. The topological polar surface area (TPSA) is 373 Å². The molecule has 11 heterocycles. The summed E-state index contributed by atoms with van der Waals surface area (Å²) in [6, 6.07) is 11.1. The van der Waals surface area contributed by atoms with E-state index in [4.69, 9.17) is 56.9 Å². The highest BCUT2D eigenvalue weighted by Crippen LogP contribution is 2.37. The van der Waals surface area contributed by atoms with E-state index in [1.165, 1.54) is 16.8 Å². The molecular weight excluding hydrogens is 1610 g/mol. The Balaban J connectivity index is 0.471. The van der Waals surface area contributed by atoms with Gasteiger partial charge in [-0.1, -0.05) is 75.4 Å². The van der Waals surface area contributed by atoms with Crippen molar-refractivity contribution in [3.05, 3.63) is 143 Å². The molecule has 31 nitrogen and oxygen atoms in total. The van der Waals surface area contributed by atoms with Crippen LogP contribution < -0.4 is 26.6 Å². The molecular formula is C93H122N18O13S. The smallest absolute Gasteiger partial charge is 0.329 e. The summed E-state index contributed by atoms with van der Waals surface area (Å²) in [5, 5.41) is 20.5. The number of nitrogens with one attached hydrogen (secondary N) is 1. The average Bonchev–Trinajstić information content (AvgIpc) is 1.65. The molecule has 32 heteroatoms. The number of ketones is 2. The van der Waals surface area contributed by atoms with Crippen LogP contribution in [0.5, 0.6) is 0 Å². The van der Waals surface area contributed by atoms with Crippen LogP contribution in [0.2, 0.25) is 0 Å². The number of nitrogens with two attached hydrogens (primary N) is 2. The number of anilines is 4. The van der Waals surface area contributed by atoms with Crippen LogP contribution in [-0.2, 0) is 73.7 Å². The number of piperidine rings is 1. The number of amides is 3. The number of methoxy groups -OCH3 is 1. The summed E-state index contributed by atoms with van der Waals surface area (Å²) in [6.07, 6.45) is 29.3. The number of hydrogen-bond acceptors (Lipinski definition) is 27. The number of ether oxygens (including phenoxy) is 5. The number of carbonyl (C=O) groups is 6. The number of piperazine rings is 2. The summed E-state index contributed by atoms with van der Waals surface area (Å²) in [5.41, 5.74) is 21.7. The second-order valence-electron chi connectivity index (χ2n) is 35.0. The molecule has 1 saturated carbocycles. The molecule has 3 amide bonds. The Morgan fingerprint density at radius 3 is 2.25 bits per heavy atom. The van der Waals surface area contributed by atoms with Crippen LogP contribution in [-0.4, -0.2) is 245 Å². The van der Waals surface area contributed by atoms with Crippen molar-refractivity contribution < 1.29 is 62.0 Å². The SMILES string of the molecule is CO[C@H]1CC2CCCC(O2)C(=O)C(=O)N2CCCC[C@H]2C(=O)O[C@H](CC[C@H]2CC[C@H](OC(=S)NCc3cnc(N4CCN(C(=O)CCOCCN5CCN(c6ncc(C(=O)N7CCc8cc(Cn9nc(-c%10ccc%11oc(N)nc%11c%10)c%10c(N)ncnc%109)ccc8C7)cn6)CC5)CC4)nc3)CC2)CC[C@H](C)/C=C(\C)[C@@H](O)CC(=O)[C@H](C)C[C@H](C)/C=C/C=C/C=C/1C. The average molecular weight is 1730 g/mol. The Hall–Kier alpha value is -10.5. The summed E-state index contributed by atoms with van der Waals surface area (Å²) in [5.74, 6) is -0.0753. The first-order valence-electron chi connectivity index (χ1n) is 44.9. The maximum absolute atomic E-state index is 14.5. The van der Waals surface area contributed by atoms with E-state index in [0.717, 1.165) is 117 Å². The van der Waals surface area contributed by atoms with Gasteiger partial charge in [0, 0.05) is 147 Å². The van der Waals surface area contributed by atoms with E-state index in [-0.39, 0.29) is 72.6 Å². The standard InChI is InChI=1S/C93H122N18O13S/c1-59-13-8-7-9-14-61(3)80(119-6)49-73-15-12-17-79(121-73)84(115)88(117)110-32-11-10-16-75(110)89(118)122-71(25-18-60(2)46-63(5)77(113)50-76(112)62(4)45-59)26-20-64-21-27-72(28-22-64)123-93(125)100-53-66-51-96-91(97-52-66)108-40-38-106(39-41-108)81(114)31-43-120-44-42-105-34-36-107(37-35-105)92-98-54-70(55-99-92)87(116)109-33-30-67-47-65(19-23-69(67)57-109)56-111-86-82(85(94)101-58-102-86)83(104-111)68-24-29-78-74(48-68)103-90(95)124-78/h7-9,13-14,19,23-24,29,46-48,51-52,54-55,58-60,62,64,71-73,75,77,79-80,113H,10-12,15-18,20-22,25-28,30-45,49-50,53,56-57H2,1-6H3,(H2,95,103)(H,100,125)(H2,94,101,102)/b9-7+,13-8+,61-14+,63-46+/t59-,60+,62-,64-,71+,72-,73?,75+,77+,79?,80+/m1/s1. The van der Waals surface area contributed by atoms with Crippen LogP contribution >= 0.6 is 12.2 Å². The minimum atomic E-state index is -0.916. The molecule has 14 rings (SSSR count). The summed E-state index contributed by atoms with van der Waals surface area (Å²) in [4.78, 5) is 127. The predicted molar refractivity (Wildman–Crippen MR) is 479 cm³/mol. The molecule has 125 heavy (non-hydrogen) atoms. The molecule has 4 saturated heterocycles. The van der Waals surface area contributed by atoms with Crippen molar-refractivity contribution in [1.29, 1.82) is 0 Å². The number of aliphatic hydroxyl groups excluding tert-OH is 1. The van der Waals surface area contributed by atoms with Crippen molar-refractivity contribution in [2.24, 2.45) is 23.7 Å². The highest BCUT2D eigenvalue weighted by Gasteiger charge is 2.42. The molecule has 7 aromatic rings. The molecule has 2 aromatic carbocycles. The van der Waals surface area contributed by atoms with Gasteiger partial charge in [-0.3, -0.25) is 28.9 Å². The maximum atomic E-state index is 14.5. The van der Waals surface area contributed by atoms with Gasteiger partial charge in [-0.2, -0.15) is 10.1 Å². The summed E-state index contributed by atoms with van der Waals surface area (Å²) in [7, 11) is 1.66. The number of aromatic nitrogens is 9. The fourth-order valence-electron chi connectivity index (χ4n) is 18.4. The van der Waals surface area contributed by atoms with E-state index in [2.05, 4.69) is 93.0 Å². The van der Waals surface area contributed by atoms with Gasteiger partial charge in [0.05, 0.1) is 55.4 Å². The molecule has 5 aromatic heterocycles. The molecule has 9 atom stereocenters. The minimum absolute atomic E-state index is 0.00104. The number of aliphatic hydroxyl groups is 1. The van der Waals surface area contributed by atoms with E-state index in [1.807, 2.05) is 77.8 Å². The van der Waals surface area contributed by atoms with Crippen LogP contribution in [0.4, 0.5) is 23.7 Å². The van der Waals surface area contributed by atoms with Crippen molar-refractivity contribution in [3.8, 4) is 11.3 Å². The van der Waals surface area contributed by atoms with Crippen LogP contribution in [0.3, 0.4) is 0 Å². The lowest BCUT2D eigenvalue weighted by Gasteiger charge is -2.36. The number of nitrogen functional groups attached to an aromatic ring is 2. The van der Waals surface area contributed by atoms with Gasteiger partial charge in [0.1, 0.15) is 53.5 Å². The van der Waals surface area contributed by atoms with Gasteiger partial charge in [0.2, 0.25) is 23.6 Å². The highest BCUT2D eigenvalue weighted by molar-refractivity contribution is 7.80. The van der Waals surface area contributed by atoms with Gasteiger partial charge >= 0.3 is 5.97 Å². The number of benzene rings is 2. The number of thiocarbonyl (C=S) groups is 1. The molecule has 2 bridgehead atoms. The molecule has 1 aliphatic carbocycles. The number of rotatable bonds is 19. The first-order valence-corrected chi connectivity index (χ1v) is 45.3. The zero-order valence-corrected chi connectivity index (χ0v) is 73.8. The number of allylic oxidation sites excluding steroid dienone is 6. The quantitative estimate of drug-likeness (QED) is 0.0192.